The third-order valence-corrected chi connectivity index (χ3v) is 5.08. The number of hydrogen-bond donors (Lipinski definition) is 2. The van der Waals surface area contributed by atoms with Gasteiger partial charge in [0.2, 0.25) is 0 Å². The van der Waals surface area contributed by atoms with Gasteiger partial charge in [-0.1, -0.05) is 13.8 Å². The Labute approximate surface area is 101 Å². The van der Waals surface area contributed by atoms with Crippen molar-refractivity contribution in [3.8, 4) is 0 Å². The van der Waals surface area contributed by atoms with Crippen LogP contribution in [0.5, 0.6) is 0 Å². The summed E-state index contributed by atoms with van der Waals surface area (Å²) in [6.45, 7) is 9.98. The van der Waals surface area contributed by atoms with Gasteiger partial charge in [0.25, 0.3) is 0 Å². The first-order valence-corrected chi connectivity index (χ1v) is 7.20. The van der Waals surface area contributed by atoms with E-state index in [1.54, 1.807) is 0 Å². The molecular weight excluding hydrogens is 196 g/mol. The minimum Gasteiger partial charge on any atom is -0.317 e. The molecule has 2 heterocycles. The highest BCUT2D eigenvalue weighted by Gasteiger charge is 2.29. The summed E-state index contributed by atoms with van der Waals surface area (Å²) in [5, 5.41) is 6.96. The highest BCUT2D eigenvalue weighted by molar-refractivity contribution is 4.82. The molecule has 0 aromatic heterocycles. The molecule has 2 saturated heterocycles. The molecule has 2 unspecified atom stereocenters. The van der Waals surface area contributed by atoms with Gasteiger partial charge >= 0.3 is 0 Å². The predicted molar refractivity (Wildman–Crippen MR) is 69.5 cm³/mol. The van der Waals surface area contributed by atoms with Crippen molar-refractivity contribution in [1.29, 1.82) is 0 Å². The van der Waals surface area contributed by atoms with Gasteiger partial charge in [-0.2, -0.15) is 0 Å². The monoisotopic (exact) mass is 224 g/mol. The van der Waals surface area contributed by atoms with E-state index in [0.717, 1.165) is 23.7 Å². The Balaban J connectivity index is 1.84. The molecule has 0 saturated carbocycles. The van der Waals surface area contributed by atoms with Crippen molar-refractivity contribution in [3.63, 3.8) is 0 Å². The van der Waals surface area contributed by atoms with Crippen LogP contribution < -0.4 is 10.6 Å². The lowest BCUT2D eigenvalue weighted by Gasteiger charge is -2.37. The Morgan fingerprint density at radius 1 is 0.688 bits per heavy atom. The Morgan fingerprint density at radius 2 is 1.00 bits per heavy atom. The molecule has 2 aliphatic rings. The molecule has 16 heavy (non-hydrogen) atoms. The predicted octanol–water partition coefficient (Wildman–Crippen LogP) is 2.26. The normalized spacial score (nSPS) is 28.9. The van der Waals surface area contributed by atoms with Crippen molar-refractivity contribution >= 4 is 0 Å². The van der Waals surface area contributed by atoms with E-state index in [1.807, 2.05) is 0 Å². The van der Waals surface area contributed by atoms with E-state index in [9.17, 15) is 0 Å². The van der Waals surface area contributed by atoms with Gasteiger partial charge in [0.15, 0.2) is 0 Å². The summed E-state index contributed by atoms with van der Waals surface area (Å²) in [6.07, 6.45) is 5.60. The summed E-state index contributed by atoms with van der Waals surface area (Å²) < 4.78 is 0. The van der Waals surface area contributed by atoms with Crippen molar-refractivity contribution in [3.05, 3.63) is 0 Å². The second-order valence-corrected chi connectivity index (χ2v) is 5.89. The summed E-state index contributed by atoms with van der Waals surface area (Å²) >= 11 is 0. The molecular formula is C14H28N2. The molecule has 2 heteroatoms. The molecule has 0 radical (unpaired) electrons. The number of rotatable bonds is 3. The highest BCUT2D eigenvalue weighted by Crippen LogP contribution is 2.35. The molecule has 0 bridgehead atoms. The molecule has 2 fully saturated rings. The molecule has 0 aliphatic carbocycles. The molecule has 0 spiro atoms. The first-order valence-electron chi connectivity index (χ1n) is 7.20. The van der Waals surface area contributed by atoms with Crippen LogP contribution >= 0.6 is 0 Å². The van der Waals surface area contributed by atoms with Crippen molar-refractivity contribution in [2.45, 2.75) is 39.5 Å². The maximum Gasteiger partial charge on any atom is -0.00462 e. The average Bonchev–Trinajstić information content (AvgIpc) is 2.39. The van der Waals surface area contributed by atoms with Gasteiger partial charge < -0.3 is 10.6 Å². The largest absolute Gasteiger partial charge is 0.317 e. The smallest absolute Gasteiger partial charge is 0.00462 e. The quantitative estimate of drug-likeness (QED) is 0.768. The lowest BCUT2D eigenvalue weighted by molar-refractivity contribution is 0.141. The van der Waals surface area contributed by atoms with Gasteiger partial charge in [-0.15, -0.1) is 0 Å². The van der Waals surface area contributed by atoms with Gasteiger partial charge in [0.1, 0.15) is 0 Å². The third-order valence-electron chi connectivity index (χ3n) is 5.08. The van der Waals surface area contributed by atoms with Crippen LogP contribution in [0.4, 0.5) is 0 Å². The Kier molecular flexibility index (Phi) is 4.66. The minimum atomic E-state index is 0.921. The molecule has 2 nitrogen and oxygen atoms in total. The van der Waals surface area contributed by atoms with Gasteiger partial charge in [0.05, 0.1) is 0 Å². The van der Waals surface area contributed by atoms with E-state index in [-0.39, 0.29) is 0 Å². The first-order chi connectivity index (χ1) is 7.79. The first kappa shape index (κ1) is 12.4. The van der Waals surface area contributed by atoms with Crippen LogP contribution in [0, 0.1) is 23.7 Å². The van der Waals surface area contributed by atoms with Crippen molar-refractivity contribution < 1.29 is 0 Å². The summed E-state index contributed by atoms with van der Waals surface area (Å²) in [5.41, 5.74) is 0. The molecule has 0 aromatic carbocycles. The lowest BCUT2D eigenvalue weighted by atomic mass is 9.71. The van der Waals surface area contributed by atoms with E-state index in [0.29, 0.717) is 0 Å². The molecule has 2 aliphatic heterocycles. The van der Waals surface area contributed by atoms with Crippen LogP contribution in [0.25, 0.3) is 0 Å². The zero-order valence-electron chi connectivity index (χ0n) is 11.0. The standard InChI is InChI=1S/C14H28N2/c1-11(13-3-7-15-8-4-13)12(2)14-5-9-16-10-6-14/h11-16H,3-10H2,1-2H3. The topological polar surface area (TPSA) is 24.1 Å². The van der Waals surface area contributed by atoms with Crippen LogP contribution in [0.3, 0.4) is 0 Å². The van der Waals surface area contributed by atoms with E-state index >= 15 is 0 Å². The molecule has 2 N–H and O–H groups in total. The highest BCUT2D eigenvalue weighted by atomic mass is 14.9. The van der Waals surface area contributed by atoms with E-state index < -0.39 is 0 Å². The Morgan fingerprint density at radius 3 is 1.31 bits per heavy atom. The zero-order valence-corrected chi connectivity index (χ0v) is 11.0. The second-order valence-electron chi connectivity index (χ2n) is 5.89. The number of hydrogen-bond acceptors (Lipinski definition) is 2. The van der Waals surface area contributed by atoms with Crippen molar-refractivity contribution in [2.24, 2.45) is 23.7 Å². The van der Waals surface area contributed by atoms with E-state index in [2.05, 4.69) is 24.5 Å². The fraction of sp³-hybridized carbons (Fsp3) is 1.00. The zero-order chi connectivity index (χ0) is 11.4. The lowest BCUT2D eigenvalue weighted by Crippen LogP contribution is -2.37. The summed E-state index contributed by atoms with van der Waals surface area (Å²) in [7, 11) is 0. The fourth-order valence-corrected chi connectivity index (χ4v) is 3.60. The molecule has 0 aromatic rings. The molecule has 2 atom stereocenters. The molecule has 94 valence electrons. The maximum absolute atomic E-state index is 3.48. The molecule has 2 rings (SSSR count). The van der Waals surface area contributed by atoms with Gasteiger partial charge in [0, 0.05) is 0 Å². The summed E-state index contributed by atoms with van der Waals surface area (Å²) in [4.78, 5) is 0. The maximum atomic E-state index is 3.48. The van der Waals surface area contributed by atoms with Crippen LogP contribution in [0.2, 0.25) is 0 Å². The Bertz CT molecular complexity index is 171. The van der Waals surface area contributed by atoms with Crippen LogP contribution in [-0.2, 0) is 0 Å². The van der Waals surface area contributed by atoms with Crippen molar-refractivity contribution in [2.75, 3.05) is 26.2 Å². The minimum absolute atomic E-state index is 0.921. The summed E-state index contributed by atoms with van der Waals surface area (Å²) in [5.74, 6) is 3.80. The Hall–Kier alpha value is -0.0800. The van der Waals surface area contributed by atoms with Crippen LogP contribution in [-0.4, -0.2) is 26.2 Å². The second kappa shape index (κ2) is 6.02. The van der Waals surface area contributed by atoms with Gasteiger partial charge in [-0.05, 0) is 75.5 Å². The van der Waals surface area contributed by atoms with Crippen molar-refractivity contribution in [1.82, 2.24) is 10.6 Å². The number of piperidine rings is 2. The van der Waals surface area contributed by atoms with Crippen LogP contribution in [0.1, 0.15) is 39.5 Å². The fourth-order valence-electron chi connectivity index (χ4n) is 3.60. The van der Waals surface area contributed by atoms with E-state index in [4.69, 9.17) is 0 Å². The van der Waals surface area contributed by atoms with Gasteiger partial charge in [-0.25, -0.2) is 0 Å². The van der Waals surface area contributed by atoms with Crippen LogP contribution in [0.15, 0.2) is 0 Å². The average molecular weight is 224 g/mol. The summed E-state index contributed by atoms with van der Waals surface area (Å²) in [6, 6.07) is 0. The van der Waals surface area contributed by atoms with E-state index in [1.165, 1.54) is 51.9 Å². The SMILES string of the molecule is CC(C1CCNCC1)C(C)C1CCNCC1. The third kappa shape index (κ3) is 2.98. The molecule has 0 amide bonds. The van der Waals surface area contributed by atoms with Gasteiger partial charge in [-0.3, -0.25) is 0 Å². The number of nitrogens with one attached hydrogen (secondary N) is 2.